The predicted octanol–water partition coefficient (Wildman–Crippen LogP) is 1.80. The molecule has 1 fully saturated rings. The molecule has 1 amide bonds. The number of hydrogen-bond donors (Lipinski definition) is 1. The van der Waals surface area contributed by atoms with Crippen molar-refractivity contribution in [3.05, 3.63) is 29.8 Å². The molecule has 1 aliphatic heterocycles. The fraction of sp³-hybridized carbons (Fsp3) is 0.500. The first kappa shape index (κ1) is 14.0. The molecule has 2 unspecified atom stereocenters. The van der Waals surface area contributed by atoms with E-state index in [9.17, 15) is 9.18 Å². The van der Waals surface area contributed by atoms with Crippen LogP contribution < -0.4 is 10.6 Å². The van der Waals surface area contributed by atoms with Gasteiger partial charge in [-0.2, -0.15) is 0 Å². The number of carbonyl (C=O) groups is 1. The molecule has 0 radical (unpaired) electrons. The number of alkyl halides is 1. The van der Waals surface area contributed by atoms with Gasteiger partial charge in [0.15, 0.2) is 0 Å². The number of nitrogens with zero attached hydrogens (tertiary/aromatic N) is 1. The Hall–Kier alpha value is -1.46. The van der Waals surface area contributed by atoms with Crippen LogP contribution in [0, 0.1) is 0 Å². The van der Waals surface area contributed by atoms with E-state index in [1.165, 1.54) is 7.11 Å². The average Bonchev–Trinajstić information content (AvgIpc) is 2.86. The molecule has 1 saturated heterocycles. The summed E-state index contributed by atoms with van der Waals surface area (Å²) in [6.07, 6.45) is 1.04. The Bertz CT molecular complexity index is 436. The van der Waals surface area contributed by atoms with Crippen LogP contribution in [0.2, 0.25) is 0 Å². The summed E-state index contributed by atoms with van der Waals surface area (Å²) in [4.78, 5) is 13.4. The number of halogens is 1. The van der Waals surface area contributed by atoms with Crippen molar-refractivity contribution >= 4 is 11.6 Å². The van der Waals surface area contributed by atoms with Crippen molar-refractivity contribution in [3.63, 3.8) is 0 Å². The monoisotopic (exact) mass is 266 g/mol. The molecular formula is C14H19FN2O2. The normalized spacial score (nSPS) is 18.7. The Morgan fingerprint density at radius 1 is 1.42 bits per heavy atom. The quantitative estimate of drug-likeness (QED) is 0.884. The topological polar surface area (TPSA) is 55.6 Å². The number of ether oxygens (including phenoxy) is 1. The van der Waals surface area contributed by atoms with Crippen molar-refractivity contribution in [2.45, 2.75) is 25.0 Å². The Morgan fingerprint density at radius 3 is 2.58 bits per heavy atom. The first-order valence-electron chi connectivity index (χ1n) is 6.42. The van der Waals surface area contributed by atoms with Crippen LogP contribution in [0.25, 0.3) is 0 Å². The molecule has 0 aliphatic carbocycles. The van der Waals surface area contributed by atoms with E-state index >= 15 is 0 Å². The van der Waals surface area contributed by atoms with Crippen molar-refractivity contribution in [2.75, 3.05) is 25.2 Å². The molecule has 2 atom stereocenters. The van der Waals surface area contributed by atoms with Gasteiger partial charge in [0.2, 0.25) is 5.91 Å². The first-order valence-corrected chi connectivity index (χ1v) is 6.42. The zero-order valence-corrected chi connectivity index (χ0v) is 11.0. The molecule has 1 aromatic carbocycles. The number of anilines is 1. The fourth-order valence-electron chi connectivity index (χ4n) is 2.40. The molecule has 19 heavy (non-hydrogen) atoms. The van der Waals surface area contributed by atoms with Crippen LogP contribution >= 0.6 is 0 Å². The minimum Gasteiger partial charge on any atom is -0.375 e. The highest BCUT2D eigenvalue weighted by Gasteiger charge is 2.23. The van der Waals surface area contributed by atoms with Gasteiger partial charge in [-0.3, -0.25) is 4.79 Å². The fourth-order valence-corrected chi connectivity index (χ4v) is 2.40. The summed E-state index contributed by atoms with van der Waals surface area (Å²) in [6.45, 7) is 0.126. The third-order valence-electron chi connectivity index (χ3n) is 3.43. The van der Waals surface area contributed by atoms with E-state index in [0.717, 1.165) is 24.2 Å². The van der Waals surface area contributed by atoms with Crippen molar-refractivity contribution in [3.8, 4) is 0 Å². The molecule has 5 heteroatoms. The highest BCUT2D eigenvalue weighted by molar-refractivity contribution is 5.95. The number of methoxy groups -OCH3 is 1. The van der Waals surface area contributed by atoms with E-state index < -0.39 is 18.8 Å². The summed E-state index contributed by atoms with van der Waals surface area (Å²) in [5.41, 5.74) is 7.37. The Labute approximate surface area is 112 Å². The maximum absolute atomic E-state index is 12.6. The summed E-state index contributed by atoms with van der Waals surface area (Å²) >= 11 is 0. The van der Waals surface area contributed by atoms with Gasteiger partial charge in [-0.1, -0.05) is 12.1 Å². The summed E-state index contributed by atoms with van der Waals surface area (Å²) in [6, 6.07) is 6.71. The lowest BCUT2D eigenvalue weighted by atomic mass is 10.0. The molecule has 104 valence electrons. The zero-order chi connectivity index (χ0) is 13.8. The number of carbonyl (C=O) groups excluding carboxylic acids is 1. The second-order valence-corrected chi connectivity index (χ2v) is 4.71. The van der Waals surface area contributed by atoms with E-state index in [0.29, 0.717) is 6.42 Å². The highest BCUT2D eigenvalue weighted by atomic mass is 19.1. The van der Waals surface area contributed by atoms with Crippen LogP contribution in [0.3, 0.4) is 0 Å². The third kappa shape index (κ3) is 2.93. The number of benzene rings is 1. The zero-order valence-electron chi connectivity index (χ0n) is 11.0. The van der Waals surface area contributed by atoms with Gasteiger partial charge in [-0.25, -0.2) is 4.39 Å². The average molecular weight is 266 g/mol. The lowest BCUT2D eigenvalue weighted by molar-refractivity contribution is -0.117. The SMILES string of the molecule is COC(c1ccc(N2CCCC2=O)cc1)C(N)CF. The standard InChI is InChI=1S/C14H19FN2O2/c1-19-14(12(16)9-15)10-4-6-11(7-5-10)17-8-2-3-13(17)18/h4-7,12,14H,2-3,8-9,16H2,1H3. The minimum absolute atomic E-state index is 0.150. The van der Waals surface area contributed by atoms with Crippen LogP contribution in [-0.4, -0.2) is 32.3 Å². The Kier molecular flexibility index (Phi) is 4.50. The number of rotatable bonds is 5. The lowest BCUT2D eigenvalue weighted by Gasteiger charge is -2.22. The van der Waals surface area contributed by atoms with E-state index in [4.69, 9.17) is 10.5 Å². The molecule has 1 aliphatic rings. The van der Waals surface area contributed by atoms with Crippen LogP contribution in [0.5, 0.6) is 0 Å². The van der Waals surface area contributed by atoms with Crippen LogP contribution in [0.4, 0.5) is 10.1 Å². The molecule has 0 spiro atoms. The maximum atomic E-state index is 12.6. The number of hydrogen-bond acceptors (Lipinski definition) is 3. The predicted molar refractivity (Wildman–Crippen MR) is 71.7 cm³/mol. The molecule has 1 aromatic rings. The van der Waals surface area contributed by atoms with Crippen molar-refractivity contribution in [1.29, 1.82) is 0 Å². The van der Waals surface area contributed by atoms with Crippen molar-refractivity contribution in [2.24, 2.45) is 5.73 Å². The van der Waals surface area contributed by atoms with Crippen molar-refractivity contribution < 1.29 is 13.9 Å². The van der Waals surface area contributed by atoms with Gasteiger partial charge in [0, 0.05) is 25.8 Å². The summed E-state index contributed by atoms with van der Waals surface area (Å²) < 4.78 is 17.9. The number of nitrogens with two attached hydrogens (primary N) is 1. The number of amides is 1. The van der Waals surface area contributed by atoms with E-state index in [1.807, 2.05) is 24.3 Å². The van der Waals surface area contributed by atoms with Gasteiger partial charge in [0.25, 0.3) is 0 Å². The van der Waals surface area contributed by atoms with Gasteiger partial charge in [-0.05, 0) is 24.1 Å². The summed E-state index contributed by atoms with van der Waals surface area (Å²) in [7, 11) is 1.51. The van der Waals surface area contributed by atoms with Gasteiger partial charge < -0.3 is 15.4 Å². The molecule has 2 N–H and O–H groups in total. The summed E-state index contributed by atoms with van der Waals surface area (Å²) in [5, 5.41) is 0. The van der Waals surface area contributed by atoms with Gasteiger partial charge in [0.05, 0.1) is 12.1 Å². The smallest absolute Gasteiger partial charge is 0.227 e. The second-order valence-electron chi connectivity index (χ2n) is 4.71. The Balaban J connectivity index is 2.15. The Morgan fingerprint density at radius 2 is 2.11 bits per heavy atom. The van der Waals surface area contributed by atoms with E-state index in [1.54, 1.807) is 4.90 Å². The third-order valence-corrected chi connectivity index (χ3v) is 3.43. The van der Waals surface area contributed by atoms with Gasteiger partial charge >= 0.3 is 0 Å². The first-order chi connectivity index (χ1) is 9.17. The highest BCUT2D eigenvalue weighted by Crippen LogP contribution is 2.25. The molecule has 0 aromatic heterocycles. The van der Waals surface area contributed by atoms with Gasteiger partial charge in [0.1, 0.15) is 6.67 Å². The molecule has 4 nitrogen and oxygen atoms in total. The molecular weight excluding hydrogens is 247 g/mol. The molecule has 1 heterocycles. The maximum Gasteiger partial charge on any atom is 0.227 e. The lowest BCUT2D eigenvalue weighted by Crippen LogP contribution is -2.31. The molecule has 2 rings (SSSR count). The van der Waals surface area contributed by atoms with E-state index in [-0.39, 0.29) is 5.91 Å². The molecule has 0 bridgehead atoms. The molecule has 0 saturated carbocycles. The van der Waals surface area contributed by atoms with Crippen molar-refractivity contribution in [1.82, 2.24) is 0 Å². The summed E-state index contributed by atoms with van der Waals surface area (Å²) in [5.74, 6) is 0.150. The minimum atomic E-state index is -0.677. The van der Waals surface area contributed by atoms with Crippen LogP contribution in [0.15, 0.2) is 24.3 Å². The largest absolute Gasteiger partial charge is 0.375 e. The van der Waals surface area contributed by atoms with Crippen LogP contribution in [-0.2, 0) is 9.53 Å². The second kappa shape index (κ2) is 6.12. The van der Waals surface area contributed by atoms with Crippen LogP contribution in [0.1, 0.15) is 24.5 Å². The van der Waals surface area contributed by atoms with Gasteiger partial charge in [-0.15, -0.1) is 0 Å². The van der Waals surface area contributed by atoms with E-state index in [2.05, 4.69) is 0 Å².